The molecule has 1 saturated heterocycles. The van der Waals surface area contributed by atoms with Crippen LogP contribution in [-0.2, 0) is 6.54 Å². The predicted octanol–water partition coefficient (Wildman–Crippen LogP) is 1.78. The maximum Gasteiger partial charge on any atom is 0.253 e. The van der Waals surface area contributed by atoms with Gasteiger partial charge in [-0.1, -0.05) is 12.1 Å². The third kappa shape index (κ3) is 2.14. The Bertz CT molecular complexity index is 527. The van der Waals surface area contributed by atoms with Crippen LogP contribution in [-0.4, -0.2) is 33.7 Å². The molecule has 0 saturated carbocycles. The van der Waals surface area contributed by atoms with Crippen molar-refractivity contribution in [2.24, 2.45) is 0 Å². The first-order chi connectivity index (χ1) is 8.83. The van der Waals surface area contributed by atoms with E-state index in [1.54, 1.807) is 6.20 Å². The zero-order valence-electron chi connectivity index (χ0n) is 10.1. The van der Waals surface area contributed by atoms with E-state index in [2.05, 4.69) is 5.10 Å². The Morgan fingerprint density at radius 3 is 2.56 bits per heavy atom. The van der Waals surface area contributed by atoms with E-state index in [1.807, 2.05) is 46.1 Å². The first-order valence-electron chi connectivity index (χ1n) is 6.18. The molecular weight excluding hydrogens is 226 g/mol. The zero-order chi connectivity index (χ0) is 12.4. The minimum absolute atomic E-state index is 0.145. The summed E-state index contributed by atoms with van der Waals surface area (Å²) < 4.78 is 1.87. The molecule has 1 aromatic heterocycles. The molecule has 0 unspecified atom stereocenters. The number of carbonyl (C=O) groups excluding carboxylic acids is 1. The van der Waals surface area contributed by atoms with Gasteiger partial charge in [0, 0.05) is 31.0 Å². The van der Waals surface area contributed by atoms with Gasteiger partial charge in [0.1, 0.15) is 0 Å². The Labute approximate surface area is 106 Å². The number of hydrogen-bond donors (Lipinski definition) is 0. The third-order valence-corrected chi connectivity index (χ3v) is 3.25. The minimum Gasteiger partial charge on any atom is -0.339 e. The van der Waals surface area contributed by atoms with Gasteiger partial charge in [-0.05, 0) is 30.2 Å². The molecule has 0 N–H and O–H groups in total. The molecule has 92 valence electrons. The maximum atomic E-state index is 12.0. The Balaban J connectivity index is 1.70. The minimum atomic E-state index is 0.145. The van der Waals surface area contributed by atoms with Crippen LogP contribution in [0.15, 0.2) is 42.7 Å². The molecular formula is C14H15N3O. The van der Waals surface area contributed by atoms with Crippen LogP contribution in [0.4, 0.5) is 0 Å². The first-order valence-corrected chi connectivity index (χ1v) is 6.18. The van der Waals surface area contributed by atoms with Gasteiger partial charge in [0.15, 0.2) is 0 Å². The molecule has 1 aliphatic rings. The lowest BCUT2D eigenvalue weighted by Gasteiger charge is -2.30. The summed E-state index contributed by atoms with van der Waals surface area (Å²) in [6.07, 6.45) is 4.82. The molecule has 0 bridgehead atoms. The molecule has 4 heteroatoms. The van der Waals surface area contributed by atoms with Gasteiger partial charge in [0.25, 0.3) is 5.91 Å². The molecule has 0 spiro atoms. The first kappa shape index (κ1) is 11.0. The zero-order valence-corrected chi connectivity index (χ0v) is 10.1. The number of rotatable bonds is 3. The second kappa shape index (κ2) is 4.64. The van der Waals surface area contributed by atoms with Crippen molar-refractivity contribution in [2.75, 3.05) is 13.1 Å². The van der Waals surface area contributed by atoms with Crippen LogP contribution in [0.5, 0.6) is 0 Å². The lowest BCUT2D eigenvalue weighted by Crippen LogP contribution is -2.41. The van der Waals surface area contributed by atoms with E-state index in [0.29, 0.717) is 0 Å². The Morgan fingerprint density at radius 1 is 1.22 bits per heavy atom. The standard InChI is InChI=1S/C14H15N3O/c18-14(16-8-2-9-16)13-5-3-12(4-6-13)11-17-10-1-7-15-17/h1,3-7,10H,2,8-9,11H2. The summed E-state index contributed by atoms with van der Waals surface area (Å²) in [5, 5.41) is 4.16. The van der Waals surface area contributed by atoms with Crippen molar-refractivity contribution in [3.63, 3.8) is 0 Å². The quantitative estimate of drug-likeness (QED) is 0.821. The molecule has 0 aliphatic carbocycles. The number of likely N-dealkylation sites (tertiary alicyclic amines) is 1. The molecule has 1 aromatic carbocycles. The number of carbonyl (C=O) groups is 1. The van der Waals surface area contributed by atoms with Crippen LogP contribution in [0, 0.1) is 0 Å². The average Bonchev–Trinajstić information content (AvgIpc) is 2.80. The lowest BCUT2D eigenvalue weighted by molar-refractivity contribution is 0.0652. The second-order valence-corrected chi connectivity index (χ2v) is 4.55. The summed E-state index contributed by atoms with van der Waals surface area (Å²) in [5.41, 5.74) is 1.93. The van der Waals surface area contributed by atoms with Crippen molar-refractivity contribution < 1.29 is 4.79 Å². The fourth-order valence-corrected chi connectivity index (χ4v) is 2.04. The molecule has 3 rings (SSSR count). The summed E-state index contributed by atoms with van der Waals surface area (Å²) in [5.74, 6) is 0.145. The SMILES string of the molecule is O=C(c1ccc(Cn2cccn2)cc1)N1CCC1. The van der Waals surface area contributed by atoms with E-state index in [9.17, 15) is 4.79 Å². The van der Waals surface area contributed by atoms with Crippen molar-refractivity contribution in [1.29, 1.82) is 0 Å². The molecule has 18 heavy (non-hydrogen) atoms. The number of aromatic nitrogens is 2. The van der Waals surface area contributed by atoms with E-state index in [4.69, 9.17) is 0 Å². The van der Waals surface area contributed by atoms with Crippen molar-refractivity contribution in [3.05, 3.63) is 53.9 Å². The molecule has 1 aliphatic heterocycles. The van der Waals surface area contributed by atoms with Crippen molar-refractivity contribution in [2.45, 2.75) is 13.0 Å². The van der Waals surface area contributed by atoms with Crippen molar-refractivity contribution in [3.8, 4) is 0 Å². The van der Waals surface area contributed by atoms with Gasteiger partial charge < -0.3 is 4.90 Å². The largest absolute Gasteiger partial charge is 0.339 e. The maximum absolute atomic E-state index is 12.0. The topological polar surface area (TPSA) is 38.1 Å². The predicted molar refractivity (Wildman–Crippen MR) is 68.3 cm³/mol. The Morgan fingerprint density at radius 2 is 2.00 bits per heavy atom. The molecule has 0 radical (unpaired) electrons. The Hall–Kier alpha value is -2.10. The monoisotopic (exact) mass is 241 g/mol. The molecule has 2 aromatic rings. The van der Waals surface area contributed by atoms with Crippen LogP contribution < -0.4 is 0 Å². The van der Waals surface area contributed by atoms with Crippen LogP contribution in [0.3, 0.4) is 0 Å². The Kier molecular flexibility index (Phi) is 2.84. The summed E-state index contributed by atoms with van der Waals surface area (Å²) in [7, 11) is 0. The van der Waals surface area contributed by atoms with Gasteiger partial charge in [-0.3, -0.25) is 9.48 Å². The van der Waals surface area contributed by atoms with Crippen LogP contribution in [0.25, 0.3) is 0 Å². The smallest absolute Gasteiger partial charge is 0.253 e. The van der Waals surface area contributed by atoms with E-state index in [0.717, 1.165) is 37.2 Å². The molecule has 0 atom stereocenters. The van der Waals surface area contributed by atoms with Gasteiger partial charge in [-0.15, -0.1) is 0 Å². The van der Waals surface area contributed by atoms with Crippen molar-refractivity contribution in [1.82, 2.24) is 14.7 Å². The summed E-state index contributed by atoms with van der Waals surface area (Å²) in [6.45, 7) is 2.53. The van der Waals surface area contributed by atoms with Gasteiger partial charge in [-0.25, -0.2) is 0 Å². The van der Waals surface area contributed by atoms with Gasteiger partial charge in [0.05, 0.1) is 6.54 Å². The highest BCUT2D eigenvalue weighted by atomic mass is 16.2. The number of amides is 1. The third-order valence-electron chi connectivity index (χ3n) is 3.25. The van der Waals surface area contributed by atoms with E-state index in [1.165, 1.54) is 0 Å². The van der Waals surface area contributed by atoms with Crippen LogP contribution in [0.1, 0.15) is 22.3 Å². The fraction of sp³-hybridized carbons (Fsp3) is 0.286. The highest BCUT2D eigenvalue weighted by Crippen LogP contribution is 2.13. The molecule has 2 heterocycles. The number of hydrogen-bond acceptors (Lipinski definition) is 2. The van der Waals surface area contributed by atoms with E-state index in [-0.39, 0.29) is 5.91 Å². The molecule has 4 nitrogen and oxygen atoms in total. The second-order valence-electron chi connectivity index (χ2n) is 4.55. The highest BCUT2D eigenvalue weighted by Gasteiger charge is 2.21. The molecule has 1 fully saturated rings. The number of benzene rings is 1. The molecule has 1 amide bonds. The van der Waals surface area contributed by atoms with Crippen LogP contribution >= 0.6 is 0 Å². The van der Waals surface area contributed by atoms with E-state index >= 15 is 0 Å². The average molecular weight is 241 g/mol. The highest BCUT2D eigenvalue weighted by molar-refractivity contribution is 5.94. The number of nitrogens with zero attached hydrogens (tertiary/aromatic N) is 3. The van der Waals surface area contributed by atoms with Crippen molar-refractivity contribution >= 4 is 5.91 Å². The summed E-state index contributed by atoms with van der Waals surface area (Å²) in [4.78, 5) is 13.8. The summed E-state index contributed by atoms with van der Waals surface area (Å²) >= 11 is 0. The summed E-state index contributed by atoms with van der Waals surface area (Å²) in [6, 6.07) is 9.70. The lowest BCUT2D eigenvalue weighted by atomic mass is 10.1. The van der Waals surface area contributed by atoms with Gasteiger partial charge in [0.2, 0.25) is 0 Å². The van der Waals surface area contributed by atoms with Crippen LogP contribution in [0.2, 0.25) is 0 Å². The fourth-order valence-electron chi connectivity index (χ4n) is 2.04. The van der Waals surface area contributed by atoms with E-state index < -0.39 is 0 Å². The normalized spacial score (nSPS) is 14.3. The van der Waals surface area contributed by atoms with Gasteiger partial charge >= 0.3 is 0 Å². The van der Waals surface area contributed by atoms with Gasteiger partial charge in [-0.2, -0.15) is 5.10 Å².